The van der Waals surface area contributed by atoms with Gasteiger partial charge in [0.05, 0.1) is 5.02 Å². The molecule has 0 unspecified atom stereocenters. The van der Waals surface area contributed by atoms with E-state index in [1.54, 1.807) is 6.07 Å². The summed E-state index contributed by atoms with van der Waals surface area (Å²) in [5.74, 6) is 0.772. The molecule has 24 heavy (non-hydrogen) atoms. The monoisotopic (exact) mass is 341 g/mol. The average Bonchev–Trinajstić information content (AvgIpc) is 2.97. The Balaban J connectivity index is 1.91. The molecule has 4 nitrogen and oxygen atoms in total. The van der Waals surface area contributed by atoms with Gasteiger partial charge in [0, 0.05) is 17.5 Å². The van der Waals surface area contributed by atoms with Crippen LogP contribution in [0.3, 0.4) is 0 Å². The second kappa shape index (κ2) is 5.76. The number of halogens is 2. The minimum atomic E-state index is -0.465. The molecular weight excluding hydrogens is 329 g/mol. The summed E-state index contributed by atoms with van der Waals surface area (Å²) in [7, 11) is 0. The number of anilines is 2. The standard InChI is InChI=1S/C18H13ClFN3O/c1-2-15-22-16-11-5-3-4-6-14(11)24-17(16)18(23-15)21-10-7-8-13(20)12(19)9-10/h3-9H,2H2,1H3,(H,21,22,23). The molecule has 2 aromatic carbocycles. The van der Waals surface area contributed by atoms with Crippen molar-refractivity contribution in [2.75, 3.05) is 5.32 Å². The fraction of sp³-hybridized carbons (Fsp3) is 0.111. The van der Waals surface area contributed by atoms with E-state index in [1.807, 2.05) is 31.2 Å². The molecular formula is C18H13ClFN3O. The van der Waals surface area contributed by atoms with Gasteiger partial charge in [0.2, 0.25) is 0 Å². The quantitative estimate of drug-likeness (QED) is 0.536. The fourth-order valence-corrected chi connectivity index (χ4v) is 2.77. The molecule has 0 saturated carbocycles. The maximum Gasteiger partial charge on any atom is 0.196 e. The van der Waals surface area contributed by atoms with Gasteiger partial charge in [-0.3, -0.25) is 0 Å². The van der Waals surface area contributed by atoms with E-state index in [4.69, 9.17) is 16.0 Å². The van der Waals surface area contributed by atoms with Crippen LogP contribution < -0.4 is 5.32 Å². The Kier molecular flexibility index (Phi) is 3.58. The number of aryl methyl sites for hydroxylation is 1. The van der Waals surface area contributed by atoms with Gasteiger partial charge < -0.3 is 9.73 Å². The summed E-state index contributed by atoms with van der Waals surface area (Å²) < 4.78 is 19.3. The van der Waals surface area contributed by atoms with Crippen molar-refractivity contribution in [3.8, 4) is 0 Å². The average molecular weight is 342 g/mol. The summed E-state index contributed by atoms with van der Waals surface area (Å²) in [6.07, 6.45) is 0.689. The maximum absolute atomic E-state index is 13.3. The molecule has 0 spiro atoms. The molecule has 0 bridgehead atoms. The predicted octanol–water partition coefficient (Wildman–Crippen LogP) is 5.47. The zero-order chi connectivity index (χ0) is 16.7. The van der Waals surface area contributed by atoms with Gasteiger partial charge >= 0.3 is 0 Å². The number of nitrogens with zero attached hydrogens (tertiary/aromatic N) is 2. The van der Waals surface area contributed by atoms with Crippen LogP contribution in [0.25, 0.3) is 22.1 Å². The normalized spacial score (nSPS) is 11.3. The van der Waals surface area contributed by atoms with Crippen LogP contribution in [0, 0.1) is 5.82 Å². The molecule has 0 fully saturated rings. The van der Waals surface area contributed by atoms with Crippen molar-refractivity contribution >= 4 is 45.2 Å². The van der Waals surface area contributed by atoms with Gasteiger partial charge in [-0.1, -0.05) is 30.7 Å². The number of nitrogens with one attached hydrogen (secondary N) is 1. The predicted molar refractivity (Wildman–Crippen MR) is 93.4 cm³/mol. The van der Waals surface area contributed by atoms with Crippen LogP contribution >= 0.6 is 11.6 Å². The lowest BCUT2D eigenvalue weighted by Gasteiger charge is -2.08. The number of hydrogen-bond acceptors (Lipinski definition) is 4. The third-order valence-corrected chi connectivity index (χ3v) is 4.05. The van der Waals surface area contributed by atoms with Gasteiger partial charge in [0.25, 0.3) is 0 Å². The molecule has 6 heteroatoms. The molecule has 0 saturated heterocycles. The molecule has 1 N–H and O–H groups in total. The zero-order valence-corrected chi connectivity index (χ0v) is 13.6. The lowest BCUT2D eigenvalue weighted by atomic mass is 10.2. The van der Waals surface area contributed by atoms with Crippen LogP contribution in [-0.4, -0.2) is 9.97 Å². The molecule has 2 aromatic heterocycles. The summed E-state index contributed by atoms with van der Waals surface area (Å²) >= 11 is 5.85. The molecule has 0 aliphatic rings. The highest BCUT2D eigenvalue weighted by Crippen LogP contribution is 2.33. The first-order valence-corrected chi connectivity index (χ1v) is 7.93. The fourth-order valence-electron chi connectivity index (χ4n) is 2.59. The van der Waals surface area contributed by atoms with Gasteiger partial charge in [-0.2, -0.15) is 0 Å². The smallest absolute Gasteiger partial charge is 0.196 e. The molecule has 4 aromatic rings. The van der Waals surface area contributed by atoms with E-state index in [0.717, 1.165) is 16.5 Å². The van der Waals surface area contributed by atoms with Crippen molar-refractivity contribution in [1.29, 1.82) is 0 Å². The van der Waals surface area contributed by atoms with E-state index in [2.05, 4.69) is 15.3 Å². The van der Waals surface area contributed by atoms with E-state index in [-0.39, 0.29) is 5.02 Å². The number of para-hydroxylation sites is 1. The summed E-state index contributed by atoms with van der Waals surface area (Å²) in [5, 5.41) is 4.14. The third-order valence-electron chi connectivity index (χ3n) is 3.76. The summed E-state index contributed by atoms with van der Waals surface area (Å²) in [6, 6.07) is 12.1. The Morgan fingerprint density at radius 3 is 2.79 bits per heavy atom. The van der Waals surface area contributed by atoms with Gasteiger partial charge in [-0.15, -0.1) is 0 Å². The van der Waals surface area contributed by atoms with Gasteiger partial charge in [-0.05, 0) is 30.3 Å². The highest BCUT2D eigenvalue weighted by Gasteiger charge is 2.15. The van der Waals surface area contributed by atoms with Crippen LogP contribution in [0.4, 0.5) is 15.9 Å². The molecule has 0 radical (unpaired) electrons. The van der Waals surface area contributed by atoms with Crippen LogP contribution in [0.15, 0.2) is 46.9 Å². The topological polar surface area (TPSA) is 51.0 Å². The van der Waals surface area contributed by atoms with Gasteiger partial charge in [0.15, 0.2) is 11.4 Å². The highest BCUT2D eigenvalue weighted by molar-refractivity contribution is 6.31. The lowest BCUT2D eigenvalue weighted by Crippen LogP contribution is -2.00. The Labute approximate surface area is 142 Å². The highest BCUT2D eigenvalue weighted by atomic mass is 35.5. The SMILES string of the molecule is CCc1nc(Nc2ccc(F)c(Cl)c2)c2oc3ccccc3c2n1. The van der Waals surface area contributed by atoms with E-state index < -0.39 is 5.82 Å². The number of aromatic nitrogens is 2. The lowest BCUT2D eigenvalue weighted by molar-refractivity contribution is 0.628. The van der Waals surface area contributed by atoms with Crippen molar-refractivity contribution in [1.82, 2.24) is 9.97 Å². The van der Waals surface area contributed by atoms with Crippen LogP contribution in [0.2, 0.25) is 5.02 Å². The third kappa shape index (κ3) is 2.47. The molecule has 0 aliphatic carbocycles. The number of hydrogen-bond donors (Lipinski definition) is 1. The number of benzene rings is 2. The van der Waals surface area contributed by atoms with Crippen LogP contribution in [0.1, 0.15) is 12.7 Å². The first-order chi connectivity index (χ1) is 11.7. The van der Waals surface area contributed by atoms with Gasteiger partial charge in [0.1, 0.15) is 22.7 Å². The minimum absolute atomic E-state index is 0.0469. The first-order valence-electron chi connectivity index (χ1n) is 7.56. The molecule has 4 rings (SSSR count). The van der Waals surface area contributed by atoms with E-state index in [9.17, 15) is 4.39 Å². The first kappa shape index (κ1) is 14.9. The number of furan rings is 1. The van der Waals surface area contributed by atoms with Crippen molar-refractivity contribution in [2.45, 2.75) is 13.3 Å². The Bertz CT molecular complexity index is 1060. The Hall–Kier alpha value is -2.66. The maximum atomic E-state index is 13.3. The second-order valence-electron chi connectivity index (χ2n) is 5.37. The van der Waals surface area contributed by atoms with Crippen LogP contribution in [0.5, 0.6) is 0 Å². The van der Waals surface area contributed by atoms with E-state index in [1.165, 1.54) is 12.1 Å². The van der Waals surface area contributed by atoms with Crippen LogP contribution in [-0.2, 0) is 6.42 Å². The van der Waals surface area contributed by atoms with E-state index in [0.29, 0.717) is 29.3 Å². The molecule has 0 atom stereocenters. The van der Waals surface area contributed by atoms with E-state index >= 15 is 0 Å². The molecule has 2 heterocycles. The van der Waals surface area contributed by atoms with Crippen molar-refractivity contribution in [3.63, 3.8) is 0 Å². The number of fused-ring (bicyclic) bond motifs is 3. The van der Waals surface area contributed by atoms with Crippen molar-refractivity contribution in [2.24, 2.45) is 0 Å². The molecule has 0 amide bonds. The summed E-state index contributed by atoms with van der Waals surface area (Å²) in [4.78, 5) is 9.09. The van der Waals surface area contributed by atoms with Crippen molar-refractivity contribution < 1.29 is 8.81 Å². The van der Waals surface area contributed by atoms with Crippen molar-refractivity contribution in [3.05, 3.63) is 59.1 Å². The summed E-state index contributed by atoms with van der Waals surface area (Å²) in [6.45, 7) is 1.99. The second-order valence-corrected chi connectivity index (χ2v) is 5.78. The Morgan fingerprint density at radius 2 is 2.00 bits per heavy atom. The summed E-state index contributed by atoms with van der Waals surface area (Å²) in [5.41, 5.74) is 2.70. The minimum Gasteiger partial charge on any atom is -0.450 e. The Morgan fingerprint density at radius 1 is 1.17 bits per heavy atom. The zero-order valence-electron chi connectivity index (χ0n) is 12.8. The molecule has 120 valence electrons. The molecule has 0 aliphatic heterocycles. The largest absolute Gasteiger partial charge is 0.450 e. The van der Waals surface area contributed by atoms with Gasteiger partial charge in [-0.25, -0.2) is 14.4 Å². The number of rotatable bonds is 3.